The summed E-state index contributed by atoms with van der Waals surface area (Å²) in [5.74, 6) is -2.39. The quantitative estimate of drug-likeness (QED) is 0.297. The lowest BCUT2D eigenvalue weighted by atomic mass is 10.1. The highest BCUT2D eigenvalue weighted by atomic mass is 19.4. The van der Waals surface area contributed by atoms with Crippen LogP contribution in [0.3, 0.4) is 0 Å². The molecular weight excluding hydrogens is 497 g/mol. The molecule has 0 saturated carbocycles. The third kappa shape index (κ3) is 4.85. The fraction of sp³-hybridized carbons (Fsp3) is 0.0800. The molecule has 0 spiro atoms. The third-order valence-corrected chi connectivity index (χ3v) is 5.45. The Bertz CT molecular complexity index is 1650. The van der Waals surface area contributed by atoms with Gasteiger partial charge in [0, 0.05) is 36.4 Å². The molecule has 0 amide bonds. The van der Waals surface area contributed by atoms with Gasteiger partial charge in [-0.05, 0) is 48.9 Å². The van der Waals surface area contributed by atoms with E-state index in [0.29, 0.717) is 16.9 Å². The largest absolute Gasteiger partial charge is 0.573 e. The smallest absolute Gasteiger partial charge is 0.406 e. The first kappa shape index (κ1) is 24.0. The Morgan fingerprint density at radius 1 is 0.919 bits per heavy atom. The molecule has 3 aromatic heterocycles. The van der Waals surface area contributed by atoms with Crippen LogP contribution in [-0.2, 0) is 0 Å². The van der Waals surface area contributed by atoms with E-state index in [0.717, 1.165) is 24.5 Å². The minimum absolute atomic E-state index is 0.000158. The highest BCUT2D eigenvalue weighted by Gasteiger charge is 2.31. The summed E-state index contributed by atoms with van der Waals surface area (Å²) in [6.07, 6.45) is 0.0317. The van der Waals surface area contributed by atoms with Gasteiger partial charge in [-0.25, -0.2) is 18.1 Å². The van der Waals surface area contributed by atoms with Crippen molar-refractivity contribution in [1.82, 2.24) is 24.1 Å². The molecule has 0 unspecified atom stereocenters. The van der Waals surface area contributed by atoms with Crippen molar-refractivity contribution in [2.45, 2.75) is 13.3 Å². The van der Waals surface area contributed by atoms with Crippen LogP contribution in [0.4, 0.5) is 22.0 Å². The number of aromatic nitrogens is 5. The fourth-order valence-corrected chi connectivity index (χ4v) is 3.83. The molecule has 5 rings (SSSR count). The van der Waals surface area contributed by atoms with Crippen LogP contribution in [-0.4, -0.2) is 30.5 Å². The van der Waals surface area contributed by atoms with E-state index in [1.807, 2.05) is 0 Å². The van der Waals surface area contributed by atoms with E-state index in [9.17, 15) is 26.7 Å². The molecule has 0 aliphatic rings. The zero-order valence-corrected chi connectivity index (χ0v) is 18.9. The summed E-state index contributed by atoms with van der Waals surface area (Å²) in [5.41, 5.74) is 1.84. The van der Waals surface area contributed by atoms with Crippen LogP contribution < -0.4 is 10.2 Å². The molecule has 188 valence electrons. The molecule has 0 bridgehead atoms. The van der Waals surface area contributed by atoms with Gasteiger partial charge in [-0.3, -0.25) is 4.79 Å². The summed E-state index contributed by atoms with van der Waals surface area (Å²) in [5, 5.41) is 8.58. The average molecular weight is 513 g/mol. The molecule has 2 aromatic carbocycles. The zero-order valence-electron chi connectivity index (χ0n) is 18.9. The number of benzene rings is 2. The summed E-state index contributed by atoms with van der Waals surface area (Å²) >= 11 is 0. The van der Waals surface area contributed by atoms with Crippen LogP contribution in [0.5, 0.6) is 5.75 Å². The minimum atomic E-state index is -4.86. The maximum Gasteiger partial charge on any atom is 0.573 e. The standard InChI is InChI=1S/C25H16F5N5O2/c1-15-11-16(33-13-19(26)20(27)14-33)5-6-21(15)34-10-8-23(36)24(32-34)22-7-9-31-35(22)17-3-2-4-18(12-17)37-25(28,29)30/h2-14H,1H3. The molecule has 0 N–H and O–H groups in total. The lowest BCUT2D eigenvalue weighted by Gasteiger charge is -2.13. The van der Waals surface area contributed by atoms with Crippen molar-refractivity contribution in [3.05, 3.63) is 107 Å². The molecule has 0 atom stereocenters. The second-order valence-corrected chi connectivity index (χ2v) is 7.98. The number of halogens is 5. The summed E-state index contributed by atoms with van der Waals surface area (Å²) in [7, 11) is 0. The normalized spacial score (nSPS) is 11.6. The highest BCUT2D eigenvalue weighted by Crippen LogP contribution is 2.27. The van der Waals surface area contributed by atoms with E-state index < -0.39 is 29.2 Å². The number of aryl methyl sites for hydroxylation is 1. The molecule has 0 fully saturated rings. The lowest BCUT2D eigenvalue weighted by molar-refractivity contribution is -0.274. The number of alkyl halides is 3. The van der Waals surface area contributed by atoms with E-state index in [1.54, 1.807) is 25.1 Å². The molecule has 0 saturated heterocycles. The minimum Gasteiger partial charge on any atom is -0.406 e. The van der Waals surface area contributed by atoms with Crippen molar-refractivity contribution in [3.63, 3.8) is 0 Å². The molecule has 7 nitrogen and oxygen atoms in total. The molecule has 5 aromatic rings. The molecule has 0 aliphatic heterocycles. The zero-order chi connectivity index (χ0) is 26.3. The molecular formula is C25H16F5N5O2. The first-order chi connectivity index (χ1) is 17.6. The van der Waals surface area contributed by atoms with Crippen molar-refractivity contribution in [3.8, 4) is 34.2 Å². The molecule has 3 heterocycles. The van der Waals surface area contributed by atoms with Crippen LogP contribution in [0.25, 0.3) is 28.5 Å². The number of nitrogens with zero attached hydrogens (tertiary/aromatic N) is 5. The topological polar surface area (TPSA) is 66.9 Å². The molecule has 12 heteroatoms. The molecule has 0 radical (unpaired) electrons. The van der Waals surface area contributed by atoms with E-state index in [-0.39, 0.29) is 17.1 Å². The maximum absolute atomic E-state index is 13.4. The third-order valence-electron chi connectivity index (χ3n) is 5.45. The van der Waals surface area contributed by atoms with E-state index in [1.165, 1.54) is 50.6 Å². The van der Waals surface area contributed by atoms with Gasteiger partial charge in [0.15, 0.2) is 17.3 Å². The Hall–Kier alpha value is -4.74. The second-order valence-electron chi connectivity index (χ2n) is 7.98. The Kier molecular flexibility index (Phi) is 5.86. The van der Waals surface area contributed by atoms with Crippen molar-refractivity contribution < 1.29 is 26.7 Å². The lowest BCUT2D eigenvalue weighted by Crippen LogP contribution is -2.17. The van der Waals surface area contributed by atoms with Gasteiger partial charge in [-0.15, -0.1) is 13.2 Å². The van der Waals surface area contributed by atoms with Gasteiger partial charge in [-0.2, -0.15) is 10.2 Å². The monoisotopic (exact) mass is 513 g/mol. The predicted octanol–water partition coefficient (Wildman–Crippen LogP) is 5.36. The fourth-order valence-electron chi connectivity index (χ4n) is 3.83. The summed E-state index contributed by atoms with van der Waals surface area (Å²) in [6, 6.07) is 13.0. The van der Waals surface area contributed by atoms with Gasteiger partial charge in [-0.1, -0.05) is 6.07 Å². The van der Waals surface area contributed by atoms with Gasteiger partial charge in [0.25, 0.3) is 0 Å². The van der Waals surface area contributed by atoms with Crippen LogP contribution in [0, 0.1) is 18.6 Å². The summed E-state index contributed by atoms with van der Waals surface area (Å²) < 4.78 is 72.9. The van der Waals surface area contributed by atoms with Crippen molar-refractivity contribution >= 4 is 0 Å². The number of ether oxygens (including phenoxy) is 1. The van der Waals surface area contributed by atoms with E-state index in [4.69, 9.17) is 0 Å². The van der Waals surface area contributed by atoms with Crippen molar-refractivity contribution in [2.24, 2.45) is 0 Å². The van der Waals surface area contributed by atoms with Gasteiger partial charge >= 0.3 is 6.36 Å². The van der Waals surface area contributed by atoms with Crippen molar-refractivity contribution in [2.75, 3.05) is 0 Å². The predicted molar refractivity (Wildman–Crippen MR) is 123 cm³/mol. The molecule has 37 heavy (non-hydrogen) atoms. The SMILES string of the molecule is Cc1cc(-n2cc(F)c(F)c2)ccc1-n1ccc(=O)c(-c2ccnn2-c2cccc(OC(F)(F)F)c2)n1. The van der Waals surface area contributed by atoms with Crippen LogP contribution in [0.2, 0.25) is 0 Å². The summed E-state index contributed by atoms with van der Waals surface area (Å²) in [6.45, 7) is 1.77. The Balaban J connectivity index is 1.53. The van der Waals surface area contributed by atoms with Gasteiger partial charge < -0.3 is 9.30 Å². The van der Waals surface area contributed by atoms with E-state index in [2.05, 4.69) is 14.9 Å². The van der Waals surface area contributed by atoms with E-state index >= 15 is 0 Å². The average Bonchev–Trinajstić information content (AvgIpc) is 3.45. The highest BCUT2D eigenvalue weighted by molar-refractivity contribution is 5.58. The number of rotatable bonds is 5. The second kappa shape index (κ2) is 9.04. The van der Waals surface area contributed by atoms with Gasteiger partial charge in [0.2, 0.25) is 5.43 Å². The number of hydrogen-bond donors (Lipinski definition) is 0. The first-order valence-electron chi connectivity index (χ1n) is 10.7. The first-order valence-corrected chi connectivity index (χ1v) is 10.7. The Morgan fingerprint density at radius 2 is 1.68 bits per heavy atom. The van der Waals surface area contributed by atoms with Gasteiger partial charge in [0.1, 0.15) is 5.75 Å². The summed E-state index contributed by atoms with van der Waals surface area (Å²) in [4.78, 5) is 12.7. The molecule has 0 aliphatic carbocycles. The van der Waals surface area contributed by atoms with Crippen molar-refractivity contribution in [1.29, 1.82) is 0 Å². The van der Waals surface area contributed by atoms with Gasteiger partial charge in [0.05, 0.1) is 23.3 Å². The van der Waals surface area contributed by atoms with Crippen LogP contribution >= 0.6 is 0 Å². The Labute approximate surface area is 205 Å². The maximum atomic E-state index is 13.4. The van der Waals surface area contributed by atoms with Crippen LogP contribution in [0.15, 0.2) is 84.2 Å². The Morgan fingerprint density at radius 3 is 2.38 bits per heavy atom. The number of hydrogen-bond acceptors (Lipinski definition) is 4. The van der Waals surface area contributed by atoms with Crippen LogP contribution in [0.1, 0.15) is 5.56 Å².